The molecule has 3 rings (SSSR count). The van der Waals surface area contributed by atoms with Crippen LogP contribution in [0.2, 0.25) is 0 Å². The summed E-state index contributed by atoms with van der Waals surface area (Å²) >= 11 is 1.60. The monoisotopic (exact) mass is 314 g/mol. The maximum Gasteiger partial charge on any atom is 0.254 e. The van der Waals surface area contributed by atoms with Crippen molar-refractivity contribution in [1.29, 1.82) is 0 Å². The van der Waals surface area contributed by atoms with Crippen molar-refractivity contribution in [3.63, 3.8) is 0 Å². The van der Waals surface area contributed by atoms with Crippen molar-refractivity contribution in [2.45, 2.75) is 39.2 Å². The van der Waals surface area contributed by atoms with Crippen molar-refractivity contribution in [3.8, 4) is 0 Å². The number of carbonyl (C=O) groups is 1. The Kier molecular flexibility index (Phi) is 4.48. The van der Waals surface area contributed by atoms with E-state index < -0.39 is 0 Å². The van der Waals surface area contributed by atoms with Gasteiger partial charge >= 0.3 is 0 Å². The van der Waals surface area contributed by atoms with Crippen molar-refractivity contribution in [1.82, 2.24) is 5.32 Å². The van der Waals surface area contributed by atoms with E-state index in [1.165, 1.54) is 23.3 Å². The second-order valence-corrected chi connectivity index (χ2v) is 7.07. The number of hydrogen-bond acceptors (Lipinski definition) is 3. The van der Waals surface area contributed by atoms with E-state index in [1.54, 1.807) is 11.3 Å². The summed E-state index contributed by atoms with van der Waals surface area (Å²) in [5.74, 6) is 0.708. The maximum absolute atomic E-state index is 12.5. The predicted octanol–water partition coefficient (Wildman–Crippen LogP) is 3.78. The average molecular weight is 314 g/mol. The molecule has 0 aliphatic heterocycles. The summed E-state index contributed by atoms with van der Waals surface area (Å²) in [5, 5.41) is 3.68. The van der Waals surface area contributed by atoms with Crippen LogP contribution >= 0.6 is 11.3 Å². The summed E-state index contributed by atoms with van der Waals surface area (Å²) in [4.78, 5) is 13.9. The Morgan fingerprint density at radius 1 is 1.36 bits per heavy atom. The van der Waals surface area contributed by atoms with E-state index in [0.29, 0.717) is 11.5 Å². The fourth-order valence-corrected chi connectivity index (χ4v) is 4.37. The number of fused-ring (bicyclic) bond motifs is 1. The molecule has 22 heavy (non-hydrogen) atoms. The molecule has 0 radical (unpaired) electrons. The molecule has 0 saturated carbocycles. The van der Waals surface area contributed by atoms with Gasteiger partial charge in [0.25, 0.3) is 5.91 Å². The van der Waals surface area contributed by atoms with Gasteiger partial charge in [0.1, 0.15) is 0 Å². The minimum atomic E-state index is -0.0335. The summed E-state index contributed by atoms with van der Waals surface area (Å²) in [5.41, 5.74) is 9.16. The first-order chi connectivity index (χ1) is 10.7. The number of anilines is 1. The van der Waals surface area contributed by atoms with Gasteiger partial charge in [0.15, 0.2) is 0 Å². The molecule has 116 valence electrons. The second-order valence-electron chi connectivity index (χ2n) is 5.93. The first-order valence-electron chi connectivity index (χ1n) is 7.91. The van der Waals surface area contributed by atoms with Crippen LogP contribution in [0.5, 0.6) is 0 Å². The van der Waals surface area contributed by atoms with Gasteiger partial charge < -0.3 is 11.1 Å². The highest BCUT2D eigenvalue weighted by atomic mass is 32.1. The SMILES string of the molecule is CCC1CCc2c(sc(N)c2C(=O)NCc2ccccc2)C1. The molecule has 0 bridgehead atoms. The highest BCUT2D eigenvalue weighted by Gasteiger charge is 2.27. The highest BCUT2D eigenvalue weighted by molar-refractivity contribution is 7.16. The van der Waals surface area contributed by atoms with Crippen LogP contribution in [0.15, 0.2) is 30.3 Å². The summed E-state index contributed by atoms with van der Waals surface area (Å²) < 4.78 is 0. The third-order valence-corrected chi connectivity index (χ3v) is 5.58. The second kappa shape index (κ2) is 6.53. The molecule has 3 nitrogen and oxygen atoms in total. The minimum absolute atomic E-state index is 0.0335. The quantitative estimate of drug-likeness (QED) is 0.902. The zero-order chi connectivity index (χ0) is 15.5. The summed E-state index contributed by atoms with van der Waals surface area (Å²) in [6.45, 7) is 2.78. The Morgan fingerprint density at radius 2 is 2.14 bits per heavy atom. The van der Waals surface area contributed by atoms with Crippen LogP contribution in [0.25, 0.3) is 0 Å². The molecule has 1 aromatic heterocycles. The lowest BCUT2D eigenvalue weighted by Crippen LogP contribution is -2.25. The van der Waals surface area contributed by atoms with Crippen molar-refractivity contribution in [2.24, 2.45) is 5.92 Å². The molecule has 1 amide bonds. The first kappa shape index (κ1) is 15.1. The summed E-state index contributed by atoms with van der Waals surface area (Å²) in [6.07, 6.45) is 4.42. The van der Waals surface area contributed by atoms with E-state index in [4.69, 9.17) is 5.73 Å². The Bertz CT molecular complexity index is 663. The zero-order valence-corrected chi connectivity index (χ0v) is 13.7. The van der Waals surface area contributed by atoms with Gasteiger partial charge in [0, 0.05) is 11.4 Å². The number of benzene rings is 1. The molecule has 1 aliphatic carbocycles. The summed E-state index contributed by atoms with van der Waals surface area (Å²) in [6, 6.07) is 9.96. The topological polar surface area (TPSA) is 55.1 Å². The van der Waals surface area contributed by atoms with Crippen molar-refractivity contribution in [2.75, 3.05) is 5.73 Å². The van der Waals surface area contributed by atoms with Gasteiger partial charge in [0.2, 0.25) is 0 Å². The Labute approximate surface area is 135 Å². The largest absolute Gasteiger partial charge is 0.390 e. The van der Waals surface area contributed by atoms with Gasteiger partial charge in [-0.3, -0.25) is 4.79 Å². The van der Waals surface area contributed by atoms with Gasteiger partial charge in [0.05, 0.1) is 10.6 Å². The minimum Gasteiger partial charge on any atom is -0.390 e. The van der Waals surface area contributed by atoms with Gasteiger partial charge in [-0.15, -0.1) is 11.3 Å². The molecule has 1 heterocycles. The lowest BCUT2D eigenvalue weighted by Gasteiger charge is -2.21. The molecule has 0 spiro atoms. The van der Waals surface area contributed by atoms with Crippen LogP contribution < -0.4 is 11.1 Å². The van der Waals surface area contributed by atoms with E-state index in [9.17, 15) is 4.79 Å². The Hall–Kier alpha value is -1.81. The van der Waals surface area contributed by atoms with Crippen molar-refractivity contribution in [3.05, 3.63) is 51.9 Å². The van der Waals surface area contributed by atoms with Gasteiger partial charge in [-0.05, 0) is 36.3 Å². The van der Waals surface area contributed by atoms with Gasteiger partial charge in [-0.2, -0.15) is 0 Å². The van der Waals surface area contributed by atoms with E-state index in [-0.39, 0.29) is 5.91 Å². The Morgan fingerprint density at radius 3 is 2.86 bits per heavy atom. The molecular formula is C18H22N2OS. The third-order valence-electron chi connectivity index (χ3n) is 4.49. The normalized spacial score (nSPS) is 17.0. The number of nitrogen functional groups attached to an aromatic ring is 1. The molecule has 4 heteroatoms. The maximum atomic E-state index is 12.5. The fourth-order valence-electron chi connectivity index (χ4n) is 3.14. The molecule has 1 atom stereocenters. The molecule has 0 fully saturated rings. The lowest BCUT2D eigenvalue weighted by molar-refractivity contribution is 0.0951. The van der Waals surface area contributed by atoms with Crippen LogP contribution in [0.4, 0.5) is 5.00 Å². The number of nitrogens with two attached hydrogens (primary N) is 1. The lowest BCUT2D eigenvalue weighted by atomic mass is 9.85. The number of carbonyl (C=O) groups excluding carboxylic acids is 1. The van der Waals surface area contributed by atoms with E-state index in [1.807, 2.05) is 30.3 Å². The van der Waals surface area contributed by atoms with E-state index in [2.05, 4.69) is 12.2 Å². The number of amides is 1. The number of hydrogen-bond donors (Lipinski definition) is 2. The van der Waals surface area contributed by atoms with Gasteiger partial charge in [-0.25, -0.2) is 0 Å². The first-order valence-corrected chi connectivity index (χ1v) is 8.72. The average Bonchev–Trinajstić information content (AvgIpc) is 2.88. The molecule has 1 aromatic carbocycles. The Balaban J connectivity index is 1.75. The van der Waals surface area contributed by atoms with E-state index >= 15 is 0 Å². The van der Waals surface area contributed by atoms with Crippen LogP contribution in [0.3, 0.4) is 0 Å². The van der Waals surface area contributed by atoms with Crippen molar-refractivity contribution < 1.29 is 4.79 Å². The molecule has 3 N–H and O–H groups in total. The standard InChI is InChI=1S/C18H22N2OS/c1-2-12-8-9-14-15(10-12)22-17(19)16(14)18(21)20-11-13-6-4-3-5-7-13/h3-7,12H,2,8-11,19H2,1H3,(H,20,21). The number of nitrogens with one attached hydrogen (secondary N) is 1. The third kappa shape index (κ3) is 3.02. The summed E-state index contributed by atoms with van der Waals surface area (Å²) in [7, 11) is 0. The van der Waals surface area contributed by atoms with Gasteiger partial charge in [-0.1, -0.05) is 43.7 Å². The van der Waals surface area contributed by atoms with Crippen LogP contribution in [0.1, 0.15) is 46.1 Å². The fraction of sp³-hybridized carbons (Fsp3) is 0.389. The molecule has 1 aliphatic rings. The molecule has 2 aromatic rings. The van der Waals surface area contributed by atoms with Crippen LogP contribution in [-0.4, -0.2) is 5.91 Å². The van der Waals surface area contributed by atoms with E-state index in [0.717, 1.165) is 29.9 Å². The highest BCUT2D eigenvalue weighted by Crippen LogP contribution is 2.38. The number of thiophene rings is 1. The van der Waals surface area contributed by atoms with Crippen molar-refractivity contribution >= 4 is 22.2 Å². The number of rotatable bonds is 4. The van der Waals surface area contributed by atoms with Crippen LogP contribution in [-0.2, 0) is 19.4 Å². The molecular weight excluding hydrogens is 292 g/mol. The van der Waals surface area contributed by atoms with Crippen LogP contribution in [0, 0.1) is 5.92 Å². The smallest absolute Gasteiger partial charge is 0.254 e. The predicted molar refractivity (Wildman–Crippen MR) is 92.1 cm³/mol. The molecule has 0 saturated heterocycles. The zero-order valence-electron chi connectivity index (χ0n) is 12.9. The molecule has 1 unspecified atom stereocenters.